The van der Waals surface area contributed by atoms with Gasteiger partial charge < -0.3 is 15.7 Å². The Hall–Kier alpha value is -1.57. The van der Waals surface area contributed by atoms with Crippen LogP contribution in [0.3, 0.4) is 0 Å². The van der Waals surface area contributed by atoms with Crippen LogP contribution in [0.4, 0.5) is 24.8 Å². The maximum Gasteiger partial charge on any atom is 0.451 e. The second-order valence-corrected chi connectivity index (χ2v) is 5.48. The van der Waals surface area contributed by atoms with Crippen molar-refractivity contribution in [2.75, 3.05) is 30.3 Å². The van der Waals surface area contributed by atoms with E-state index in [1.807, 2.05) is 13.8 Å². The molecule has 0 spiro atoms. The first kappa shape index (κ1) is 17.5. The number of aliphatic hydroxyl groups excluding tert-OH is 1. The molecule has 0 aliphatic rings. The Balaban J connectivity index is 2.93. The summed E-state index contributed by atoms with van der Waals surface area (Å²) in [6, 6.07) is 1.44. The Morgan fingerprint density at radius 1 is 1.14 bits per heavy atom. The molecule has 0 radical (unpaired) electrons. The quantitative estimate of drug-likeness (QED) is 0.722. The number of hydrogen-bond acceptors (Lipinski definition) is 5. The topological polar surface area (TPSA) is 70.1 Å². The maximum absolute atomic E-state index is 12.8. The highest BCUT2D eigenvalue weighted by molar-refractivity contribution is 5.48. The fourth-order valence-electron chi connectivity index (χ4n) is 1.66. The molecule has 5 nitrogen and oxygen atoms in total. The van der Waals surface area contributed by atoms with Gasteiger partial charge in [-0.15, -0.1) is 0 Å². The van der Waals surface area contributed by atoms with Gasteiger partial charge in [0.1, 0.15) is 11.6 Å². The van der Waals surface area contributed by atoms with Crippen molar-refractivity contribution in [2.45, 2.75) is 33.4 Å². The Kier molecular flexibility index (Phi) is 5.77. The number of aliphatic hydroxyl groups is 1. The van der Waals surface area contributed by atoms with Gasteiger partial charge in [-0.1, -0.05) is 13.8 Å². The van der Waals surface area contributed by atoms with Crippen LogP contribution in [0.25, 0.3) is 0 Å². The van der Waals surface area contributed by atoms with Gasteiger partial charge in [-0.3, -0.25) is 0 Å². The van der Waals surface area contributed by atoms with Gasteiger partial charge in [-0.05, 0) is 18.8 Å². The van der Waals surface area contributed by atoms with Crippen LogP contribution in [0.15, 0.2) is 6.07 Å². The summed E-state index contributed by atoms with van der Waals surface area (Å²) in [7, 11) is 0. The molecule has 1 heterocycles. The zero-order chi connectivity index (χ0) is 16.1. The number of rotatable bonds is 7. The van der Waals surface area contributed by atoms with E-state index in [4.69, 9.17) is 5.11 Å². The fraction of sp³-hybridized carbons (Fsp3) is 0.692. The third-order valence-electron chi connectivity index (χ3n) is 2.87. The van der Waals surface area contributed by atoms with Crippen molar-refractivity contribution in [1.29, 1.82) is 0 Å². The van der Waals surface area contributed by atoms with Gasteiger partial charge in [0.2, 0.25) is 5.82 Å². The SMILES string of the molecule is CCNc1cc(NCC(C)(C)CCO)nc(C(F)(F)F)n1. The van der Waals surface area contributed by atoms with Crippen LogP contribution in [-0.2, 0) is 6.18 Å². The van der Waals surface area contributed by atoms with Gasteiger partial charge in [0, 0.05) is 25.8 Å². The largest absolute Gasteiger partial charge is 0.451 e. The first-order chi connectivity index (χ1) is 9.68. The molecule has 1 aromatic heterocycles. The second-order valence-electron chi connectivity index (χ2n) is 5.48. The molecule has 0 saturated carbocycles. The smallest absolute Gasteiger partial charge is 0.396 e. The zero-order valence-electron chi connectivity index (χ0n) is 12.4. The summed E-state index contributed by atoms with van der Waals surface area (Å²) in [6.07, 6.45) is -4.06. The van der Waals surface area contributed by atoms with Crippen LogP contribution < -0.4 is 10.6 Å². The summed E-state index contributed by atoms with van der Waals surface area (Å²) in [6.45, 7) is 6.47. The Morgan fingerprint density at radius 3 is 2.19 bits per heavy atom. The number of nitrogens with one attached hydrogen (secondary N) is 2. The average Bonchev–Trinajstić information content (AvgIpc) is 2.36. The maximum atomic E-state index is 12.8. The molecular weight excluding hydrogens is 285 g/mol. The molecule has 0 amide bonds. The van der Waals surface area contributed by atoms with E-state index < -0.39 is 12.0 Å². The monoisotopic (exact) mass is 306 g/mol. The molecule has 3 N–H and O–H groups in total. The predicted octanol–water partition coefficient (Wildman–Crippen LogP) is 2.75. The van der Waals surface area contributed by atoms with Crippen molar-refractivity contribution >= 4 is 11.6 Å². The summed E-state index contributed by atoms with van der Waals surface area (Å²) in [4.78, 5) is 6.95. The van der Waals surface area contributed by atoms with E-state index in [1.54, 1.807) is 6.92 Å². The van der Waals surface area contributed by atoms with E-state index in [2.05, 4.69) is 20.6 Å². The molecule has 0 aliphatic heterocycles. The molecule has 0 saturated heterocycles. The molecule has 0 atom stereocenters. The van der Waals surface area contributed by atoms with Crippen molar-refractivity contribution in [3.05, 3.63) is 11.9 Å². The van der Waals surface area contributed by atoms with Crippen molar-refractivity contribution in [3.8, 4) is 0 Å². The van der Waals surface area contributed by atoms with Crippen molar-refractivity contribution in [3.63, 3.8) is 0 Å². The summed E-state index contributed by atoms with van der Waals surface area (Å²) in [5.41, 5.74) is -0.254. The van der Waals surface area contributed by atoms with E-state index in [0.29, 0.717) is 19.5 Å². The number of halogens is 3. The molecule has 0 aliphatic carbocycles. The number of alkyl halides is 3. The Morgan fingerprint density at radius 2 is 1.71 bits per heavy atom. The van der Waals surface area contributed by atoms with Gasteiger partial charge in [-0.25, -0.2) is 9.97 Å². The highest BCUT2D eigenvalue weighted by Crippen LogP contribution is 2.29. The third-order valence-corrected chi connectivity index (χ3v) is 2.87. The standard InChI is InChI=1S/C13H21F3N4O/c1-4-17-9-7-10(18-8-12(2,3)5-6-21)20-11(19-9)13(14,15)16/h7,21H,4-6,8H2,1-3H3,(H2,17,18,19,20). The molecule has 0 unspecified atom stereocenters. The van der Waals surface area contributed by atoms with Gasteiger partial charge in [0.05, 0.1) is 0 Å². The normalized spacial score (nSPS) is 12.3. The van der Waals surface area contributed by atoms with E-state index >= 15 is 0 Å². The van der Waals surface area contributed by atoms with Crippen molar-refractivity contribution < 1.29 is 18.3 Å². The fourth-order valence-corrected chi connectivity index (χ4v) is 1.66. The van der Waals surface area contributed by atoms with E-state index in [1.165, 1.54) is 6.07 Å². The third kappa shape index (κ3) is 5.74. The van der Waals surface area contributed by atoms with Crippen LogP contribution in [0.5, 0.6) is 0 Å². The highest BCUT2D eigenvalue weighted by atomic mass is 19.4. The summed E-state index contributed by atoms with van der Waals surface area (Å²) >= 11 is 0. The number of hydrogen-bond donors (Lipinski definition) is 3. The zero-order valence-corrected chi connectivity index (χ0v) is 12.4. The Bertz CT molecular complexity index is 463. The molecular formula is C13H21F3N4O. The lowest BCUT2D eigenvalue weighted by Crippen LogP contribution is -2.25. The van der Waals surface area contributed by atoms with Crippen LogP contribution in [0.1, 0.15) is 33.0 Å². The minimum Gasteiger partial charge on any atom is -0.396 e. The molecule has 1 aromatic rings. The van der Waals surface area contributed by atoms with Gasteiger partial charge in [-0.2, -0.15) is 13.2 Å². The summed E-state index contributed by atoms with van der Waals surface area (Å²) in [5.74, 6) is -0.940. The molecule has 120 valence electrons. The molecule has 21 heavy (non-hydrogen) atoms. The molecule has 8 heteroatoms. The van der Waals surface area contributed by atoms with Crippen molar-refractivity contribution in [2.24, 2.45) is 5.41 Å². The van der Waals surface area contributed by atoms with Gasteiger partial charge in [0.15, 0.2) is 0 Å². The van der Waals surface area contributed by atoms with Gasteiger partial charge in [0.25, 0.3) is 0 Å². The van der Waals surface area contributed by atoms with Crippen molar-refractivity contribution in [1.82, 2.24) is 9.97 Å². The van der Waals surface area contributed by atoms with E-state index in [-0.39, 0.29) is 23.7 Å². The molecule has 0 fully saturated rings. The summed E-state index contributed by atoms with van der Waals surface area (Å²) in [5, 5.41) is 14.6. The lowest BCUT2D eigenvalue weighted by atomic mass is 9.90. The second kappa shape index (κ2) is 6.93. The molecule has 1 rings (SSSR count). The number of aromatic nitrogens is 2. The highest BCUT2D eigenvalue weighted by Gasteiger charge is 2.35. The number of anilines is 2. The van der Waals surface area contributed by atoms with Crippen LogP contribution in [0, 0.1) is 5.41 Å². The summed E-state index contributed by atoms with van der Waals surface area (Å²) < 4.78 is 38.3. The lowest BCUT2D eigenvalue weighted by Gasteiger charge is -2.24. The van der Waals surface area contributed by atoms with Crippen LogP contribution >= 0.6 is 0 Å². The Labute approximate surface area is 122 Å². The van der Waals surface area contributed by atoms with Crippen LogP contribution in [0.2, 0.25) is 0 Å². The first-order valence-corrected chi connectivity index (χ1v) is 6.73. The predicted molar refractivity (Wildman–Crippen MR) is 75.2 cm³/mol. The van der Waals surface area contributed by atoms with Gasteiger partial charge >= 0.3 is 6.18 Å². The van der Waals surface area contributed by atoms with E-state index in [9.17, 15) is 13.2 Å². The molecule has 0 bridgehead atoms. The first-order valence-electron chi connectivity index (χ1n) is 6.73. The average molecular weight is 306 g/mol. The minimum absolute atomic E-state index is 0.0227. The lowest BCUT2D eigenvalue weighted by molar-refractivity contribution is -0.144. The van der Waals surface area contributed by atoms with Crippen LogP contribution in [-0.4, -0.2) is 34.8 Å². The molecule has 0 aromatic carbocycles. The number of nitrogens with zero attached hydrogens (tertiary/aromatic N) is 2. The minimum atomic E-state index is -4.59. The van der Waals surface area contributed by atoms with E-state index in [0.717, 1.165) is 0 Å².